The van der Waals surface area contributed by atoms with E-state index >= 15 is 0 Å². The van der Waals surface area contributed by atoms with Gasteiger partial charge in [0.2, 0.25) is 0 Å². The number of methoxy groups -OCH3 is 1. The molecule has 6 heteroatoms. The Morgan fingerprint density at radius 1 is 1.21 bits per heavy atom. The maximum Gasteiger partial charge on any atom is 0.254 e. The van der Waals surface area contributed by atoms with E-state index in [1.165, 1.54) is 12.0 Å². The number of β-amino-alcohol motifs (C(OH)–C–C–N with tert-alkyl or cyclic N) is 1. The summed E-state index contributed by atoms with van der Waals surface area (Å²) in [5.74, 6) is -0.906. The van der Waals surface area contributed by atoms with Crippen molar-refractivity contribution in [1.29, 1.82) is 0 Å². The van der Waals surface area contributed by atoms with E-state index in [1.54, 1.807) is 24.3 Å². The molecule has 1 heterocycles. The lowest BCUT2D eigenvalue weighted by molar-refractivity contribution is 0.0713. The molecule has 0 unspecified atom stereocenters. The fraction of sp³-hybridized carbons (Fsp3) is 0.278. The number of carbonyl (C=O) groups is 1. The van der Waals surface area contributed by atoms with Crippen molar-refractivity contribution in [2.24, 2.45) is 0 Å². The minimum Gasteiger partial charge on any atom is -0.497 e. The highest BCUT2D eigenvalue weighted by molar-refractivity contribution is 5.94. The van der Waals surface area contributed by atoms with Crippen LogP contribution < -0.4 is 4.74 Å². The first-order valence-electron chi connectivity index (χ1n) is 7.57. The van der Waals surface area contributed by atoms with Crippen LogP contribution in [0.25, 0.3) is 0 Å². The van der Waals surface area contributed by atoms with Crippen LogP contribution in [0.4, 0.5) is 8.78 Å². The zero-order valence-corrected chi connectivity index (χ0v) is 13.1. The molecule has 0 radical (unpaired) electrons. The van der Waals surface area contributed by atoms with Gasteiger partial charge in [-0.25, -0.2) is 8.78 Å². The molecule has 0 aromatic heterocycles. The van der Waals surface area contributed by atoms with Gasteiger partial charge in [-0.3, -0.25) is 4.79 Å². The monoisotopic (exact) mass is 333 g/mol. The van der Waals surface area contributed by atoms with Crippen molar-refractivity contribution in [2.45, 2.75) is 18.6 Å². The summed E-state index contributed by atoms with van der Waals surface area (Å²) in [5.41, 5.74) is 0.472. The summed E-state index contributed by atoms with van der Waals surface area (Å²) >= 11 is 0. The van der Waals surface area contributed by atoms with Crippen molar-refractivity contribution in [1.82, 2.24) is 4.90 Å². The number of halogens is 2. The Balaban J connectivity index is 1.92. The summed E-state index contributed by atoms with van der Waals surface area (Å²) in [6.07, 6.45) is -0.609. The van der Waals surface area contributed by atoms with Crippen LogP contribution in [0.5, 0.6) is 5.75 Å². The molecule has 1 aliphatic heterocycles. The summed E-state index contributed by atoms with van der Waals surface area (Å²) in [6.45, 7) is 0.0749. The van der Waals surface area contributed by atoms with Gasteiger partial charge in [-0.2, -0.15) is 0 Å². The Morgan fingerprint density at radius 3 is 2.58 bits per heavy atom. The normalized spacial score (nSPS) is 20.2. The lowest BCUT2D eigenvalue weighted by atomic mass is 10.0. The number of likely N-dealkylation sites (tertiary alicyclic amines) is 1. The molecule has 0 saturated carbocycles. The molecule has 0 aliphatic carbocycles. The number of aliphatic hydroxyl groups is 1. The molecule has 1 saturated heterocycles. The van der Waals surface area contributed by atoms with Crippen LogP contribution in [-0.2, 0) is 0 Å². The molecule has 1 N–H and O–H groups in total. The van der Waals surface area contributed by atoms with Crippen molar-refractivity contribution < 1.29 is 23.4 Å². The molecule has 2 atom stereocenters. The molecule has 1 fully saturated rings. The molecule has 1 aliphatic rings. The summed E-state index contributed by atoms with van der Waals surface area (Å²) in [5, 5.41) is 9.94. The third kappa shape index (κ3) is 3.10. The first-order chi connectivity index (χ1) is 11.5. The Kier molecular flexibility index (Phi) is 4.49. The lowest BCUT2D eigenvalue weighted by Gasteiger charge is -2.25. The van der Waals surface area contributed by atoms with E-state index in [4.69, 9.17) is 4.74 Å². The Hall–Kier alpha value is -2.47. The minimum atomic E-state index is -0.778. The van der Waals surface area contributed by atoms with Crippen LogP contribution in [0.15, 0.2) is 42.5 Å². The smallest absolute Gasteiger partial charge is 0.254 e. The molecule has 126 valence electrons. The average molecular weight is 333 g/mol. The first-order valence-corrected chi connectivity index (χ1v) is 7.57. The SMILES string of the molecule is COc1ccc(C(=O)N2C[C@@H](O)C[C@H]2c2cc(F)ccc2F)cc1. The number of hydrogen-bond acceptors (Lipinski definition) is 3. The zero-order chi connectivity index (χ0) is 17.3. The maximum absolute atomic E-state index is 14.1. The number of ether oxygens (including phenoxy) is 1. The molecule has 3 rings (SSSR count). The standard InChI is InChI=1S/C18H17F2NO3/c1-24-14-5-2-11(3-6-14)18(23)21-10-13(22)9-17(21)15-8-12(19)4-7-16(15)20/h2-8,13,17,22H,9-10H2,1H3/t13-,17-/m0/s1. The Labute approximate surface area is 138 Å². The number of nitrogens with zero attached hydrogens (tertiary/aromatic N) is 1. The molecule has 4 nitrogen and oxygen atoms in total. The fourth-order valence-corrected chi connectivity index (χ4v) is 3.00. The average Bonchev–Trinajstić information content (AvgIpc) is 2.98. The van der Waals surface area contributed by atoms with E-state index in [0.717, 1.165) is 18.2 Å². The van der Waals surface area contributed by atoms with Crippen LogP contribution in [0.1, 0.15) is 28.4 Å². The number of benzene rings is 2. The molecule has 2 aromatic carbocycles. The van der Waals surface area contributed by atoms with E-state index in [-0.39, 0.29) is 24.4 Å². The van der Waals surface area contributed by atoms with E-state index in [9.17, 15) is 18.7 Å². The molecule has 0 bridgehead atoms. The van der Waals surface area contributed by atoms with Gasteiger partial charge in [-0.15, -0.1) is 0 Å². The quantitative estimate of drug-likeness (QED) is 0.940. The number of aliphatic hydroxyl groups excluding tert-OH is 1. The topological polar surface area (TPSA) is 49.8 Å². The second-order valence-electron chi connectivity index (χ2n) is 5.76. The van der Waals surface area contributed by atoms with Crippen molar-refractivity contribution in [3.8, 4) is 5.75 Å². The molecular weight excluding hydrogens is 316 g/mol. The summed E-state index contributed by atoms with van der Waals surface area (Å²) in [7, 11) is 1.52. The van der Waals surface area contributed by atoms with Gasteiger partial charge in [0.1, 0.15) is 17.4 Å². The zero-order valence-electron chi connectivity index (χ0n) is 13.1. The second kappa shape index (κ2) is 6.57. The van der Waals surface area contributed by atoms with E-state index in [2.05, 4.69) is 0 Å². The van der Waals surface area contributed by atoms with Crippen LogP contribution in [0.3, 0.4) is 0 Å². The first kappa shape index (κ1) is 16.4. The molecule has 2 aromatic rings. The van der Waals surface area contributed by atoms with E-state index in [0.29, 0.717) is 11.3 Å². The van der Waals surface area contributed by atoms with Crippen molar-refractivity contribution in [3.63, 3.8) is 0 Å². The van der Waals surface area contributed by atoms with Gasteiger partial charge in [0.05, 0.1) is 19.3 Å². The molecule has 24 heavy (non-hydrogen) atoms. The third-order valence-corrected chi connectivity index (χ3v) is 4.19. The van der Waals surface area contributed by atoms with Gasteiger partial charge in [0.15, 0.2) is 0 Å². The van der Waals surface area contributed by atoms with Crippen LogP contribution in [-0.4, -0.2) is 35.7 Å². The summed E-state index contributed by atoms with van der Waals surface area (Å²) < 4.78 is 32.6. The van der Waals surface area contributed by atoms with Gasteiger partial charge in [-0.1, -0.05) is 0 Å². The highest BCUT2D eigenvalue weighted by atomic mass is 19.1. The van der Waals surface area contributed by atoms with E-state index < -0.39 is 23.8 Å². The second-order valence-corrected chi connectivity index (χ2v) is 5.76. The van der Waals surface area contributed by atoms with Gasteiger partial charge in [-0.05, 0) is 48.9 Å². The van der Waals surface area contributed by atoms with Crippen LogP contribution in [0.2, 0.25) is 0 Å². The van der Waals surface area contributed by atoms with Crippen molar-refractivity contribution >= 4 is 5.91 Å². The number of hydrogen-bond donors (Lipinski definition) is 1. The molecule has 1 amide bonds. The highest BCUT2D eigenvalue weighted by Crippen LogP contribution is 2.35. The van der Waals surface area contributed by atoms with E-state index in [1.807, 2.05) is 0 Å². The minimum absolute atomic E-state index is 0.0749. The van der Waals surface area contributed by atoms with Crippen molar-refractivity contribution in [2.75, 3.05) is 13.7 Å². The van der Waals surface area contributed by atoms with Crippen LogP contribution >= 0.6 is 0 Å². The van der Waals surface area contributed by atoms with Gasteiger partial charge >= 0.3 is 0 Å². The Morgan fingerprint density at radius 2 is 1.92 bits per heavy atom. The third-order valence-electron chi connectivity index (χ3n) is 4.19. The molecular formula is C18H17F2NO3. The molecule has 0 spiro atoms. The van der Waals surface area contributed by atoms with Crippen LogP contribution in [0, 0.1) is 11.6 Å². The highest BCUT2D eigenvalue weighted by Gasteiger charge is 2.37. The predicted molar refractivity (Wildman–Crippen MR) is 83.8 cm³/mol. The maximum atomic E-state index is 14.1. The van der Waals surface area contributed by atoms with Crippen molar-refractivity contribution in [3.05, 3.63) is 65.2 Å². The predicted octanol–water partition coefficient (Wildman–Crippen LogP) is 2.92. The summed E-state index contributed by atoms with van der Waals surface area (Å²) in [6, 6.07) is 8.94. The summed E-state index contributed by atoms with van der Waals surface area (Å²) in [4.78, 5) is 14.1. The fourth-order valence-electron chi connectivity index (χ4n) is 3.00. The number of rotatable bonds is 3. The number of amides is 1. The van der Waals surface area contributed by atoms with Gasteiger partial charge in [0.25, 0.3) is 5.91 Å². The van der Waals surface area contributed by atoms with Gasteiger partial charge < -0.3 is 14.7 Å². The largest absolute Gasteiger partial charge is 0.497 e. The Bertz CT molecular complexity index is 748. The van der Waals surface area contributed by atoms with Gasteiger partial charge in [0, 0.05) is 17.7 Å². The number of carbonyl (C=O) groups excluding carboxylic acids is 1. The lowest BCUT2D eigenvalue weighted by Crippen LogP contribution is -2.32.